The Kier molecular flexibility index (Phi) is 5.10. The first-order chi connectivity index (χ1) is 14.4. The maximum Gasteiger partial charge on any atom is 0.234 e. The summed E-state index contributed by atoms with van der Waals surface area (Å²) in [7, 11) is 0. The Hall–Kier alpha value is -3.50. The zero-order valence-electron chi connectivity index (χ0n) is 16.5. The topological polar surface area (TPSA) is 124 Å². The number of fused-ring (bicyclic) bond motifs is 1. The molecular formula is C20H22FN7O2. The van der Waals surface area contributed by atoms with Gasteiger partial charge in [0.15, 0.2) is 12.3 Å². The van der Waals surface area contributed by atoms with Gasteiger partial charge in [0.25, 0.3) is 0 Å². The fourth-order valence-electron chi connectivity index (χ4n) is 3.28. The molecule has 30 heavy (non-hydrogen) atoms. The Morgan fingerprint density at radius 3 is 2.63 bits per heavy atom. The number of hydrogen-bond acceptors (Lipinski definition) is 8. The fraction of sp³-hybridized carbons (Fsp3) is 0.250. The second kappa shape index (κ2) is 7.73. The predicted molar refractivity (Wildman–Crippen MR) is 114 cm³/mol. The number of nitrogens with two attached hydrogens (primary N) is 1. The second-order valence-electron chi connectivity index (χ2n) is 7.03. The number of nitrogens with one attached hydrogen (secondary N) is 1. The first-order valence-corrected chi connectivity index (χ1v) is 9.33. The predicted octanol–water partition coefficient (Wildman–Crippen LogP) is 2.15. The molecule has 0 saturated carbocycles. The molecule has 0 aliphatic carbocycles. The van der Waals surface area contributed by atoms with Crippen LogP contribution in [-0.2, 0) is 0 Å². The van der Waals surface area contributed by atoms with Gasteiger partial charge >= 0.3 is 0 Å². The lowest BCUT2D eigenvalue weighted by Crippen LogP contribution is -2.44. The maximum absolute atomic E-state index is 14.7. The molecule has 4 rings (SSSR count). The van der Waals surface area contributed by atoms with Crippen molar-refractivity contribution in [2.24, 2.45) is 15.7 Å². The molecule has 2 atom stereocenters. The van der Waals surface area contributed by atoms with E-state index in [4.69, 9.17) is 10.8 Å². The quantitative estimate of drug-likeness (QED) is 0.385. The standard InChI is InChI=1S/C20H22FN7O2/c1-11-3-5-13(6-4-11)24-19-17(21)18(22)25-20(26-19)28-12(2)23-15-9-14(27(30)10-29)7-8-16(15)28/h3-9,17,19,24,29-30H,10H2,1-2H3,(H2,22,25,26). The largest absolute Gasteiger partial charge is 0.384 e. The van der Waals surface area contributed by atoms with E-state index in [0.29, 0.717) is 27.6 Å². The maximum atomic E-state index is 14.7. The molecule has 2 heterocycles. The van der Waals surface area contributed by atoms with Crippen molar-refractivity contribution < 1.29 is 14.7 Å². The van der Waals surface area contributed by atoms with E-state index < -0.39 is 19.1 Å². The van der Waals surface area contributed by atoms with Crippen LogP contribution in [-0.4, -0.2) is 50.7 Å². The van der Waals surface area contributed by atoms with Crippen LogP contribution in [0.4, 0.5) is 15.8 Å². The number of imidazole rings is 1. The number of rotatable bonds is 4. The fourth-order valence-corrected chi connectivity index (χ4v) is 3.28. The van der Waals surface area contributed by atoms with Gasteiger partial charge in [-0.25, -0.2) is 19.4 Å². The van der Waals surface area contributed by atoms with E-state index in [1.807, 2.05) is 31.2 Å². The molecule has 0 amide bonds. The highest BCUT2D eigenvalue weighted by Crippen LogP contribution is 2.24. The highest BCUT2D eigenvalue weighted by molar-refractivity contribution is 6.04. The number of halogens is 1. The van der Waals surface area contributed by atoms with E-state index in [1.54, 1.807) is 29.7 Å². The minimum absolute atomic E-state index is 0.177. The summed E-state index contributed by atoms with van der Waals surface area (Å²) >= 11 is 0. The number of benzene rings is 2. The Morgan fingerprint density at radius 1 is 1.20 bits per heavy atom. The zero-order valence-corrected chi connectivity index (χ0v) is 16.5. The normalized spacial score (nSPS) is 18.8. The van der Waals surface area contributed by atoms with Crippen molar-refractivity contribution >= 4 is 34.2 Å². The summed E-state index contributed by atoms with van der Waals surface area (Å²) in [6.45, 7) is 3.18. The lowest BCUT2D eigenvalue weighted by Gasteiger charge is -2.24. The molecule has 3 aromatic rings. The van der Waals surface area contributed by atoms with E-state index in [1.165, 1.54) is 0 Å². The van der Waals surface area contributed by atoms with Crippen molar-refractivity contribution in [1.29, 1.82) is 0 Å². The van der Waals surface area contributed by atoms with Gasteiger partial charge in [0, 0.05) is 5.69 Å². The summed E-state index contributed by atoms with van der Waals surface area (Å²) in [6, 6.07) is 12.5. The highest BCUT2D eigenvalue weighted by Gasteiger charge is 2.30. The minimum Gasteiger partial charge on any atom is -0.384 e. The summed E-state index contributed by atoms with van der Waals surface area (Å²) in [4.78, 5) is 13.1. The third kappa shape index (κ3) is 3.58. The van der Waals surface area contributed by atoms with Crippen LogP contribution in [0.1, 0.15) is 11.4 Å². The van der Waals surface area contributed by atoms with Crippen LogP contribution < -0.4 is 16.1 Å². The third-order valence-corrected chi connectivity index (χ3v) is 4.85. The number of anilines is 2. The van der Waals surface area contributed by atoms with Crippen LogP contribution in [0.3, 0.4) is 0 Å². The molecule has 0 saturated heterocycles. The van der Waals surface area contributed by atoms with Crippen molar-refractivity contribution in [2.45, 2.75) is 26.2 Å². The van der Waals surface area contributed by atoms with Crippen molar-refractivity contribution in [1.82, 2.24) is 9.55 Å². The molecule has 0 fully saturated rings. The number of nitrogens with zero attached hydrogens (tertiary/aromatic N) is 5. The van der Waals surface area contributed by atoms with Crippen LogP contribution in [0.5, 0.6) is 0 Å². The van der Waals surface area contributed by atoms with Crippen LogP contribution in [0.15, 0.2) is 52.4 Å². The molecule has 2 aromatic carbocycles. The van der Waals surface area contributed by atoms with Gasteiger partial charge in [-0.2, -0.15) is 4.99 Å². The van der Waals surface area contributed by atoms with E-state index in [-0.39, 0.29) is 11.8 Å². The van der Waals surface area contributed by atoms with Gasteiger partial charge in [-0.3, -0.25) is 9.77 Å². The molecule has 9 nitrogen and oxygen atoms in total. The van der Waals surface area contributed by atoms with Gasteiger partial charge in [0.1, 0.15) is 18.4 Å². The van der Waals surface area contributed by atoms with Gasteiger partial charge in [-0.15, -0.1) is 0 Å². The van der Waals surface area contributed by atoms with E-state index in [9.17, 15) is 9.60 Å². The number of aliphatic hydroxyl groups excluding tert-OH is 1. The summed E-state index contributed by atoms with van der Waals surface area (Å²) in [5.74, 6) is 0.600. The van der Waals surface area contributed by atoms with Gasteiger partial charge in [-0.1, -0.05) is 17.7 Å². The van der Waals surface area contributed by atoms with Gasteiger partial charge in [-0.05, 0) is 44.2 Å². The summed E-state index contributed by atoms with van der Waals surface area (Å²) in [6.07, 6.45) is -2.53. The van der Waals surface area contributed by atoms with E-state index >= 15 is 0 Å². The molecule has 1 aliphatic heterocycles. The minimum atomic E-state index is -1.58. The first-order valence-electron chi connectivity index (χ1n) is 9.33. The van der Waals surface area contributed by atoms with Gasteiger partial charge in [0.2, 0.25) is 5.96 Å². The lowest BCUT2D eigenvalue weighted by molar-refractivity contribution is 0.151. The summed E-state index contributed by atoms with van der Waals surface area (Å²) < 4.78 is 16.4. The molecule has 5 N–H and O–H groups in total. The van der Waals surface area contributed by atoms with Crippen LogP contribution in [0.25, 0.3) is 11.0 Å². The van der Waals surface area contributed by atoms with E-state index in [0.717, 1.165) is 11.3 Å². The van der Waals surface area contributed by atoms with Crippen LogP contribution in [0, 0.1) is 13.8 Å². The Bertz CT molecular complexity index is 1140. The molecule has 0 spiro atoms. The molecule has 0 bridgehead atoms. The average molecular weight is 411 g/mol. The van der Waals surface area contributed by atoms with Crippen molar-refractivity contribution in [3.63, 3.8) is 0 Å². The molecule has 1 aromatic heterocycles. The van der Waals surface area contributed by atoms with Gasteiger partial charge in [0.05, 0.1) is 16.7 Å². The highest BCUT2D eigenvalue weighted by atomic mass is 19.1. The van der Waals surface area contributed by atoms with E-state index in [2.05, 4.69) is 20.3 Å². The molecular weight excluding hydrogens is 389 g/mol. The summed E-state index contributed by atoms with van der Waals surface area (Å²) in [5.41, 5.74) is 9.27. The molecule has 2 unspecified atom stereocenters. The van der Waals surface area contributed by atoms with Gasteiger partial charge < -0.3 is 16.2 Å². The molecule has 0 radical (unpaired) electrons. The second-order valence-corrected chi connectivity index (χ2v) is 7.03. The number of hydrogen-bond donors (Lipinski definition) is 4. The molecule has 156 valence electrons. The first kappa shape index (κ1) is 19.8. The number of alkyl halides is 1. The van der Waals surface area contributed by atoms with Crippen molar-refractivity contribution in [2.75, 3.05) is 17.1 Å². The van der Waals surface area contributed by atoms with Crippen LogP contribution >= 0.6 is 0 Å². The SMILES string of the molecule is Cc1ccc(NC2N=C(n3c(C)nc4cc(N(O)CO)ccc43)N=C(N)C2F)cc1. The number of hydroxylamine groups is 1. The Labute approximate surface area is 172 Å². The van der Waals surface area contributed by atoms with Crippen LogP contribution in [0.2, 0.25) is 0 Å². The number of aliphatic imine (C=N–C) groups is 2. The Morgan fingerprint density at radius 2 is 1.93 bits per heavy atom. The molecule has 1 aliphatic rings. The monoisotopic (exact) mass is 411 g/mol. The summed E-state index contributed by atoms with van der Waals surface area (Å²) in [5, 5.41) is 22.6. The number of aromatic nitrogens is 2. The average Bonchev–Trinajstić information content (AvgIpc) is 3.07. The number of aryl methyl sites for hydroxylation is 2. The number of aliphatic hydroxyl groups is 1. The molecule has 10 heteroatoms. The Balaban J connectivity index is 1.73. The zero-order chi connectivity index (χ0) is 21.4. The van der Waals surface area contributed by atoms with Crippen molar-refractivity contribution in [3.05, 3.63) is 53.9 Å². The number of amidine groups is 1. The lowest BCUT2D eigenvalue weighted by atomic mass is 10.2. The third-order valence-electron chi connectivity index (χ3n) is 4.85. The van der Waals surface area contributed by atoms with Crippen molar-refractivity contribution in [3.8, 4) is 0 Å². The smallest absolute Gasteiger partial charge is 0.234 e.